The fourth-order valence-electron chi connectivity index (χ4n) is 6.96. The minimum absolute atomic E-state index is 0.228. The number of para-hydroxylation sites is 4. The standard InChI is InChI=1S/C31H19BN2/c1-18-16-27-29-28(17-18)34-26-15-5-3-9-20(26)22-11-7-13-24(31(22)34)32(29)23-12-6-10-21-19-8-2-4-14-25(19)33(27)30(21)23/h2-17H,1H3. The molecule has 0 fully saturated rings. The molecule has 0 amide bonds. The highest BCUT2D eigenvalue weighted by Gasteiger charge is 2.40. The maximum Gasteiger partial charge on any atom is 0.252 e. The molecule has 2 aromatic heterocycles. The number of aryl methyl sites for hydroxylation is 1. The molecule has 0 atom stereocenters. The van der Waals surface area contributed by atoms with Crippen LogP contribution < -0.4 is 16.4 Å². The van der Waals surface area contributed by atoms with Crippen molar-refractivity contribution in [3.63, 3.8) is 0 Å². The topological polar surface area (TPSA) is 9.86 Å². The van der Waals surface area contributed by atoms with E-state index < -0.39 is 0 Å². The van der Waals surface area contributed by atoms with Gasteiger partial charge in [-0.1, -0.05) is 72.8 Å². The molecule has 0 N–H and O–H groups in total. The summed E-state index contributed by atoms with van der Waals surface area (Å²) in [5.74, 6) is 0. The zero-order valence-corrected chi connectivity index (χ0v) is 18.7. The van der Waals surface area contributed by atoms with E-state index in [4.69, 9.17) is 0 Å². The lowest BCUT2D eigenvalue weighted by Gasteiger charge is -2.34. The minimum atomic E-state index is 0.228. The van der Waals surface area contributed by atoms with Gasteiger partial charge in [0.25, 0.3) is 6.71 Å². The summed E-state index contributed by atoms with van der Waals surface area (Å²) in [4.78, 5) is 0. The Hall–Kier alpha value is -4.24. The van der Waals surface area contributed by atoms with Gasteiger partial charge in [-0.3, -0.25) is 0 Å². The molecule has 34 heavy (non-hydrogen) atoms. The van der Waals surface area contributed by atoms with Gasteiger partial charge < -0.3 is 9.13 Å². The molecule has 4 heterocycles. The van der Waals surface area contributed by atoms with Crippen molar-refractivity contribution < 1.29 is 0 Å². The molecule has 0 saturated carbocycles. The van der Waals surface area contributed by atoms with Crippen LogP contribution in [0.1, 0.15) is 5.56 Å². The molecule has 2 aliphatic heterocycles. The van der Waals surface area contributed by atoms with Crippen molar-refractivity contribution in [1.82, 2.24) is 9.13 Å². The maximum atomic E-state index is 2.53. The van der Waals surface area contributed by atoms with Crippen molar-refractivity contribution in [1.29, 1.82) is 0 Å². The average Bonchev–Trinajstić information content (AvgIpc) is 3.39. The highest BCUT2D eigenvalue weighted by Crippen LogP contribution is 2.38. The Kier molecular flexibility index (Phi) is 2.86. The van der Waals surface area contributed by atoms with Gasteiger partial charge in [0.2, 0.25) is 0 Å². The van der Waals surface area contributed by atoms with Gasteiger partial charge in [0, 0.05) is 44.0 Å². The molecular formula is C31H19BN2. The SMILES string of the molecule is Cc1cc2c3c(c1)-n1c4ccccc4c4cccc(c41)B3c1cccc3c4ccccc4n-2c13. The summed E-state index contributed by atoms with van der Waals surface area (Å²) in [6.45, 7) is 2.46. The first kappa shape index (κ1) is 17.3. The third kappa shape index (κ3) is 1.78. The lowest BCUT2D eigenvalue weighted by Crippen LogP contribution is -2.59. The number of rotatable bonds is 0. The van der Waals surface area contributed by atoms with E-state index in [1.165, 1.54) is 76.9 Å². The number of hydrogen-bond acceptors (Lipinski definition) is 0. The van der Waals surface area contributed by atoms with Crippen LogP contribution in [0, 0.1) is 6.92 Å². The first-order chi connectivity index (χ1) is 16.8. The lowest BCUT2D eigenvalue weighted by molar-refractivity contribution is 1.13. The van der Waals surface area contributed by atoms with Crippen LogP contribution in [0.25, 0.3) is 55.0 Å². The first-order valence-corrected chi connectivity index (χ1v) is 12.0. The van der Waals surface area contributed by atoms with Crippen LogP contribution in [0.15, 0.2) is 97.1 Å². The quantitative estimate of drug-likeness (QED) is 0.288. The molecule has 2 aliphatic rings. The second kappa shape index (κ2) is 5.63. The maximum absolute atomic E-state index is 2.53. The molecule has 5 aromatic carbocycles. The van der Waals surface area contributed by atoms with Gasteiger partial charge in [-0.25, -0.2) is 0 Å². The van der Waals surface area contributed by atoms with E-state index in [0.717, 1.165) is 0 Å². The summed E-state index contributed by atoms with van der Waals surface area (Å²) in [7, 11) is 0. The first-order valence-electron chi connectivity index (χ1n) is 12.0. The smallest absolute Gasteiger partial charge is 0.252 e. The molecule has 0 bridgehead atoms. The van der Waals surface area contributed by atoms with Crippen LogP contribution in [-0.4, -0.2) is 15.8 Å². The Balaban J connectivity index is 1.60. The zero-order valence-electron chi connectivity index (χ0n) is 18.7. The molecule has 0 aliphatic carbocycles. The molecule has 0 radical (unpaired) electrons. The molecule has 0 unspecified atom stereocenters. The summed E-state index contributed by atoms with van der Waals surface area (Å²) in [5.41, 5.74) is 13.5. The zero-order chi connectivity index (χ0) is 22.1. The minimum Gasteiger partial charge on any atom is -0.310 e. The number of hydrogen-bond donors (Lipinski definition) is 0. The largest absolute Gasteiger partial charge is 0.310 e. The molecule has 3 heteroatoms. The van der Waals surface area contributed by atoms with Crippen molar-refractivity contribution >= 4 is 66.7 Å². The van der Waals surface area contributed by atoms with Gasteiger partial charge in [0.1, 0.15) is 0 Å². The van der Waals surface area contributed by atoms with Crippen LogP contribution in [0.3, 0.4) is 0 Å². The second-order valence-electron chi connectivity index (χ2n) is 9.84. The van der Waals surface area contributed by atoms with Gasteiger partial charge in [0.05, 0.1) is 11.0 Å². The molecule has 2 nitrogen and oxygen atoms in total. The van der Waals surface area contributed by atoms with E-state index in [0.29, 0.717) is 0 Å². The van der Waals surface area contributed by atoms with E-state index in [1.807, 2.05) is 0 Å². The lowest BCUT2D eigenvalue weighted by atomic mass is 9.34. The number of benzene rings is 5. The van der Waals surface area contributed by atoms with Gasteiger partial charge in [-0.2, -0.15) is 0 Å². The van der Waals surface area contributed by atoms with E-state index in [1.54, 1.807) is 0 Å². The van der Waals surface area contributed by atoms with Crippen LogP contribution in [0.4, 0.5) is 0 Å². The summed E-state index contributed by atoms with van der Waals surface area (Å²) < 4.78 is 5.05. The van der Waals surface area contributed by atoms with Crippen molar-refractivity contribution in [2.75, 3.05) is 0 Å². The third-order valence-corrected chi connectivity index (χ3v) is 8.13. The van der Waals surface area contributed by atoms with Crippen LogP contribution in [0.5, 0.6) is 0 Å². The van der Waals surface area contributed by atoms with Gasteiger partial charge in [-0.15, -0.1) is 0 Å². The Morgan fingerprint density at radius 2 is 1.00 bits per heavy atom. The van der Waals surface area contributed by atoms with Crippen LogP contribution >= 0.6 is 0 Å². The van der Waals surface area contributed by atoms with Gasteiger partial charge in [-0.05, 0) is 53.1 Å². The van der Waals surface area contributed by atoms with Crippen LogP contribution in [-0.2, 0) is 0 Å². The molecule has 0 spiro atoms. The normalized spacial score (nSPS) is 13.4. The van der Waals surface area contributed by atoms with E-state index in [2.05, 4.69) is 113 Å². The fourth-order valence-corrected chi connectivity index (χ4v) is 6.96. The molecular weight excluding hydrogens is 411 g/mol. The predicted octanol–water partition coefficient (Wildman–Crippen LogP) is 5.33. The highest BCUT2D eigenvalue weighted by molar-refractivity contribution is 7.00. The molecule has 0 saturated heterocycles. The van der Waals surface area contributed by atoms with Crippen molar-refractivity contribution in [2.45, 2.75) is 6.92 Å². The van der Waals surface area contributed by atoms with E-state index >= 15 is 0 Å². The van der Waals surface area contributed by atoms with Gasteiger partial charge >= 0.3 is 0 Å². The predicted molar refractivity (Wildman–Crippen MR) is 145 cm³/mol. The van der Waals surface area contributed by atoms with E-state index in [-0.39, 0.29) is 6.71 Å². The average molecular weight is 430 g/mol. The summed E-state index contributed by atoms with van der Waals surface area (Å²) >= 11 is 0. The summed E-state index contributed by atoms with van der Waals surface area (Å²) in [6.07, 6.45) is 0. The van der Waals surface area contributed by atoms with Crippen molar-refractivity contribution in [2.24, 2.45) is 0 Å². The third-order valence-electron chi connectivity index (χ3n) is 8.13. The molecule has 9 rings (SSSR count). The van der Waals surface area contributed by atoms with Gasteiger partial charge in [0.15, 0.2) is 0 Å². The van der Waals surface area contributed by atoms with Crippen LogP contribution in [0.2, 0.25) is 0 Å². The number of fused-ring (bicyclic) bond motifs is 10. The molecule has 7 aromatic rings. The highest BCUT2D eigenvalue weighted by atomic mass is 15.0. The monoisotopic (exact) mass is 430 g/mol. The van der Waals surface area contributed by atoms with Crippen molar-refractivity contribution in [3.8, 4) is 11.4 Å². The Bertz CT molecular complexity index is 1900. The summed E-state index contributed by atoms with van der Waals surface area (Å²) in [6, 6.07) is 36.3. The number of nitrogens with zero attached hydrogens (tertiary/aromatic N) is 2. The van der Waals surface area contributed by atoms with E-state index in [9.17, 15) is 0 Å². The Labute approximate surface area is 196 Å². The second-order valence-corrected chi connectivity index (χ2v) is 9.84. The Morgan fingerprint density at radius 3 is 1.53 bits per heavy atom. The fraction of sp³-hybridized carbons (Fsp3) is 0.0323. The molecule has 156 valence electrons. The van der Waals surface area contributed by atoms with Crippen molar-refractivity contribution in [3.05, 3.63) is 103 Å². The Morgan fingerprint density at radius 1 is 0.529 bits per heavy atom. The number of aromatic nitrogens is 2. The summed E-state index contributed by atoms with van der Waals surface area (Å²) in [5, 5.41) is 5.35.